The predicted molar refractivity (Wildman–Crippen MR) is 71.0 cm³/mol. The summed E-state index contributed by atoms with van der Waals surface area (Å²) in [7, 11) is -3.75. The summed E-state index contributed by atoms with van der Waals surface area (Å²) in [4.78, 5) is 0.158. The van der Waals surface area contributed by atoms with Crippen LogP contribution < -0.4 is 0 Å². The molecule has 3 nitrogen and oxygen atoms in total. The van der Waals surface area contributed by atoms with E-state index in [1.807, 2.05) is 18.2 Å². The molecule has 0 saturated carbocycles. The van der Waals surface area contributed by atoms with Crippen LogP contribution in [0.3, 0.4) is 0 Å². The average molecular weight is 261 g/mol. The summed E-state index contributed by atoms with van der Waals surface area (Å²) < 4.78 is 28.1. The minimum atomic E-state index is -3.75. The van der Waals surface area contributed by atoms with Crippen LogP contribution in [0, 0.1) is 0 Å². The molecule has 2 aromatic rings. The Balaban J connectivity index is 0.00000144. The summed E-state index contributed by atoms with van der Waals surface area (Å²) in [6.45, 7) is 3.25. The first kappa shape index (κ1) is 14.0. The van der Waals surface area contributed by atoms with E-state index in [1.54, 1.807) is 18.2 Å². The molecule has 0 aliphatic carbocycles. The van der Waals surface area contributed by atoms with E-state index in [-0.39, 0.29) is 27.9 Å². The first-order chi connectivity index (χ1) is 7.65. The summed E-state index contributed by atoms with van der Waals surface area (Å²) in [5, 5.41) is 1.50. The topological polar surface area (TPSA) is 43.4 Å². The largest absolute Gasteiger partial charge is 0.388 e. The number of hydrogen-bond acceptors (Lipinski definition) is 3. The molecule has 0 fully saturated rings. The summed E-state index contributed by atoms with van der Waals surface area (Å²) in [5.41, 5.74) is 0. The van der Waals surface area contributed by atoms with Crippen LogP contribution in [0.1, 0.15) is 0 Å². The minimum absolute atomic E-state index is 0. The van der Waals surface area contributed by atoms with Gasteiger partial charge in [0.1, 0.15) is 4.90 Å². The van der Waals surface area contributed by atoms with Crippen LogP contribution in [0.5, 0.6) is 0 Å². The zero-order valence-corrected chi connectivity index (χ0v) is 9.28. The van der Waals surface area contributed by atoms with E-state index in [1.165, 1.54) is 6.07 Å². The van der Waals surface area contributed by atoms with E-state index in [4.69, 9.17) is 0 Å². The van der Waals surface area contributed by atoms with Crippen molar-refractivity contribution >= 4 is 43.9 Å². The van der Waals surface area contributed by atoms with Crippen LogP contribution in [-0.2, 0) is 14.3 Å². The van der Waals surface area contributed by atoms with Gasteiger partial charge in [0.2, 0.25) is 0 Å². The summed E-state index contributed by atoms with van der Waals surface area (Å²) in [6, 6.07) is 12.3. The molecule has 0 aromatic heterocycles. The smallest absolute Gasteiger partial charge is 0.339 e. The highest BCUT2D eigenvalue weighted by Crippen LogP contribution is 2.24. The molecule has 0 saturated heterocycles. The Bertz CT molecular complexity index is 630. The highest BCUT2D eigenvalue weighted by molar-refractivity contribution is 7.87. The average Bonchev–Trinajstić information content (AvgIpc) is 2.28. The zero-order valence-electron chi connectivity index (χ0n) is 8.46. The molecule has 0 radical (unpaired) electrons. The van der Waals surface area contributed by atoms with Crippen LogP contribution in [0.25, 0.3) is 10.8 Å². The lowest BCUT2D eigenvalue weighted by Gasteiger charge is -2.06. The van der Waals surface area contributed by atoms with Crippen molar-refractivity contribution < 1.29 is 12.6 Å². The Hall–Kier alpha value is -1.04. The van der Waals surface area contributed by atoms with E-state index < -0.39 is 10.1 Å². The quantitative estimate of drug-likeness (QED) is 0.480. The Morgan fingerprint density at radius 3 is 2.41 bits per heavy atom. The van der Waals surface area contributed by atoms with Gasteiger partial charge in [0.05, 0.1) is 6.26 Å². The molecule has 0 unspecified atom stereocenters. The summed E-state index contributed by atoms with van der Waals surface area (Å²) in [5.74, 6) is 0. The zero-order chi connectivity index (χ0) is 11.6. The van der Waals surface area contributed by atoms with Gasteiger partial charge in [0.25, 0.3) is 0 Å². The lowest BCUT2D eigenvalue weighted by molar-refractivity contribution is 0.445. The van der Waals surface area contributed by atoms with Gasteiger partial charge >= 0.3 is 33.2 Å². The molecule has 0 amide bonds. The van der Waals surface area contributed by atoms with Crippen molar-refractivity contribution in [2.75, 3.05) is 0 Å². The van der Waals surface area contributed by atoms with Crippen LogP contribution in [0.2, 0.25) is 0 Å². The molecule has 0 aliphatic rings. The second kappa shape index (κ2) is 5.53. The fraction of sp³-hybridized carbons (Fsp3) is 0. The van der Waals surface area contributed by atoms with Crippen molar-refractivity contribution in [1.82, 2.24) is 0 Å². The normalized spacial score (nSPS) is 10.6. The van der Waals surface area contributed by atoms with Crippen molar-refractivity contribution in [3.63, 3.8) is 0 Å². The highest BCUT2D eigenvalue weighted by Gasteiger charge is 2.16. The van der Waals surface area contributed by atoms with Crippen LogP contribution in [0.4, 0.5) is 0 Å². The van der Waals surface area contributed by atoms with Gasteiger partial charge in [-0.05, 0) is 11.5 Å². The predicted octanol–water partition coefficient (Wildman–Crippen LogP) is 1.77. The lowest BCUT2D eigenvalue weighted by atomic mass is 10.1. The van der Waals surface area contributed by atoms with Crippen molar-refractivity contribution in [3.8, 4) is 0 Å². The van der Waals surface area contributed by atoms with Gasteiger partial charge in [0, 0.05) is 5.39 Å². The molecule has 17 heavy (non-hydrogen) atoms. The number of fused-ring (bicyclic) bond motifs is 1. The van der Waals surface area contributed by atoms with Gasteiger partial charge in [-0.25, -0.2) is 0 Å². The molecule has 0 heterocycles. The van der Waals surface area contributed by atoms with Crippen molar-refractivity contribution in [2.45, 2.75) is 4.90 Å². The van der Waals surface area contributed by atoms with Crippen LogP contribution >= 0.6 is 0 Å². The standard InChI is InChI=1S/C12H10O3S.Mg.2H/c1-2-15-16(13,14)12-9-5-7-10-6-3-4-8-11(10)12;;;/h2-9H,1H2;;;. The molecule has 0 spiro atoms. The summed E-state index contributed by atoms with van der Waals surface area (Å²) in [6.07, 6.45) is 0.914. The molecule has 0 bridgehead atoms. The SMILES string of the molecule is C=COS(=O)(=O)c1cccc2ccccc12.[MgH2]. The minimum Gasteiger partial charge on any atom is -0.388 e. The van der Waals surface area contributed by atoms with E-state index in [0.29, 0.717) is 5.39 Å². The Morgan fingerprint density at radius 1 is 1.06 bits per heavy atom. The van der Waals surface area contributed by atoms with E-state index >= 15 is 0 Å². The first-order valence-corrected chi connectivity index (χ1v) is 6.08. The van der Waals surface area contributed by atoms with Gasteiger partial charge < -0.3 is 4.18 Å². The molecular formula is C12H12MgO3S. The van der Waals surface area contributed by atoms with Gasteiger partial charge in [-0.2, -0.15) is 8.42 Å². The van der Waals surface area contributed by atoms with Crippen LogP contribution in [0.15, 0.2) is 60.2 Å². The maximum Gasteiger partial charge on any atom is 0.339 e. The monoisotopic (exact) mass is 260 g/mol. The Kier molecular flexibility index (Phi) is 4.56. The van der Waals surface area contributed by atoms with Crippen molar-refractivity contribution in [2.24, 2.45) is 0 Å². The number of hydrogen-bond donors (Lipinski definition) is 0. The number of rotatable bonds is 3. The Labute approximate surface area is 116 Å². The maximum absolute atomic E-state index is 11.8. The second-order valence-electron chi connectivity index (χ2n) is 3.19. The fourth-order valence-electron chi connectivity index (χ4n) is 1.56. The van der Waals surface area contributed by atoms with Crippen molar-refractivity contribution in [1.29, 1.82) is 0 Å². The third-order valence-electron chi connectivity index (χ3n) is 2.21. The first-order valence-electron chi connectivity index (χ1n) is 4.67. The second-order valence-corrected chi connectivity index (χ2v) is 4.73. The van der Waals surface area contributed by atoms with Gasteiger partial charge in [-0.1, -0.05) is 43.0 Å². The van der Waals surface area contributed by atoms with Crippen molar-refractivity contribution in [3.05, 3.63) is 55.3 Å². The third kappa shape index (κ3) is 2.80. The Morgan fingerprint density at radius 2 is 1.71 bits per heavy atom. The fourth-order valence-corrected chi connectivity index (χ4v) is 2.54. The molecule has 86 valence electrons. The molecule has 5 heteroatoms. The molecule has 0 atom stereocenters. The lowest BCUT2D eigenvalue weighted by Crippen LogP contribution is -2.02. The third-order valence-corrected chi connectivity index (χ3v) is 3.50. The number of benzene rings is 2. The van der Waals surface area contributed by atoms with E-state index in [2.05, 4.69) is 10.8 Å². The van der Waals surface area contributed by atoms with Gasteiger partial charge in [0.15, 0.2) is 0 Å². The van der Waals surface area contributed by atoms with Gasteiger partial charge in [-0.3, -0.25) is 0 Å². The summed E-state index contributed by atoms with van der Waals surface area (Å²) >= 11 is 0. The maximum atomic E-state index is 11.8. The molecule has 0 aliphatic heterocycles. The molecule has 0 N–H and O–H groups in total. The molecular weight excluding hydrogens is 249 g/mol. The molecule has 2 aromatic carbocycles. The van der Waals surface area contributed by atoms with Gasteiger partial charge in [-0.15, -0.1) is 0 Å². The molecule has 2 rings (SSSR count). The van der Waals surface area contributed by atoms with E-state index in [9.17, 15) is 8.42 Å². The highest BCUT2D eigenvalue weighted by atomic mass is 32.2. The van der Waals surface area contributed by atoms with Crippen LogP contribution in [-0.4, -0.2) is 31.5 Å². The van der Waals surface area contributed by atoms with E-state index in [0.717, 1.165) is 11.6 Å².